The third-order valence-electron chi connectivity index (χ3n) is 5.87. The monoisotopic (exact) mass is 462 g/mol. The maximum atomic E-state index is 12.8. The molecule has 2 heterocycles. The topological polar surface area (TPSA) is 130 Å². The highest BCUT2D eigenvalue weighted by Gasteiger charge is 2.33. The van der Waals surface area contributed by atoms with Gasteiger partial charge in [0.1, 0.15) is 12.4 Å². The number of hydrogen-bond donors (Lipinski definition) is 4. The van der Waals surface area contributed by atoms with Crippen LogP contribution in [0.5, 0.6) is 5.75 Å². The van der Waals surface area contributed by atoms with E-state index in [1.807, 2.05) is 37.3 Å². The summed E-state index contributed by atoms with van der Waals surface area (Å²) in [5.41, 5.74) is 4.82. The Balaban J connectivity index is 1.42. The maximum absolute atomic E-state index is 12.8. The van der Waals surface area contributed by atoms with Crippen molar-refractivity contribution in [2.24, 2.45) is 5.92 Å². The summed E-state index contributed by atoms with van der Waals surface area (Å²) >= 11 is 0. The van der Waals surface area contributed by atoms with Gasteiger partial charge in [-0.05, 0) is 49.7 Å². The van der Waals surface area contributed by atoms with E-state index < -0.39 is 17.9 Å². The summed E-state index contributed by atoms with van der Waals surface area (Å²) in [6.45, 7) is 2.63. The molecule has 1 aromatic heterocycles. The number of rotatable bonds is 6. The minimum Gasteiger partial charge on any atom is -0.489 e. The van der Waals surface area contributed by atoms with Crippen LogP contribution in [0, 0.1) is 12.8 Å². The van der Waals surface area contributed by atoms with Gasteiger partial charge in [0.25, 0.3) is 5.91 Å². The van der Waals surface area contributed by atoms with Crippen LogP contribution < -0.4 is 20.9 Å². The van der Waals surface area contributed by atoms with E-state index in [4.69, 9.17) is 9.94 Å². The van der Waals surface area contributed by atoms with Gasteiger partial charge < -0.3 is 15.4 Å². The number of nitrogens with zero attached hydrogens (tertiary/aromatic N) is 1. The lowest BCUT2D eigenvalue weighted by Gasteiger charge is -2.23. The molecule has 9 heteroatoms. The fourth-order valence-electron chi connectivity index (χ4n) is 4.14. The molecule has 0 aliphatic carbocycles. The van der Waals surface area contributed by atoms with Gasteiger partial charge in [-0.2, -0.15) is 0 Å². The van der Waals surface area contributed by atoms with Crippen LogP contribution in [0.4, 0.5) is 0 Å². The molecule has 1 fully saturated rings. The van der Waals surface area contributed by atoms with E-state index in [1.54, 1.807) is 29.7 Å². The number of hydrogen-bond acceptors (Lipinski definition) is 6. The summed E-state index contributed by atoms with van der Waals surface area (Å²) in [6, 6.07) is 16.0. The van der Waals surface area contributed by atoms with Crippen molar-refractivity contribution < 1.29 is 24.3 Å². The zero-order chi connectivity index (χ0) is 24.1. The molecule has 34 heavy (non-hydrogen) atoms. The van der Waals surface area contributed by atoms with Gasteiger partial charge in [0.2, 0.25) is 11.8 Å². The maximum Gasteiger partial charge on any atom is 0.251 e. The second kappa shape index (κ2) is 10.3. The Kier molecular flexibility index (Phi) is 7.03. The van der Waals surface area contributed by atoms with Crippen LogP contribution in [0.2, 0.25) is 0 Å². The number of ether oxygens (including phenoxy) is 1. The molecule has 2 aromatic carbocycles. The van der Waals surface area contributed by atoms with Gasteiger partial charge >= 0.3 is 0 Å². The van der Waals surface area contributed by atoms with Crippen molar-refractivity contribution in [2.75, 3.05) is 6.54 Å². The number of amides is 3. The normalized spacial score (nSPS) is 18.0. The van der Waals surface area contributed by atoms with E-state index >= 15 is 0 Å². The van der Waals surface area contributed by atoms with Crippen LogP contribution in [0.3, 0.4) is 0 Å². The van der Waals surface area contributed by atoms with Gasteiger partial charge in [0.05, 0.1) is 11.4 Å². The summed E-state index contributed by atoms with van der Waals surface area (Å²) in [5.74, 6) is -1.64. The Morgan fingerprint density at radius 3 is 2.71 bits per heavy atom. The first kappa shape index (κ1) is 23.2. The van der Waals surface area contributed by atoms with E-state index in [2.05, 4.69) is 15.6 Å². The minimum absolute atomic E-state index is 0.118. The van der Waals surface area contributed by atoms with Gasteiger partial charge in [0.15, 0.2) is 0 Å². The molecule has 0 unspecified atom stereocenters. The Bertz CT molecular complexity index is 1210. The van der Waals surface area contributed by atoms with E-state index in [0.717, 1.165) is 22.2 Å². The minimum atomic E-state index is -0.863. The van der Waals surface area contributed by atoms with Crippen molar-refractivity contribution in [2.45, 2.75) is 32.4 Å². The third-order valence-corrected chi connectivity index (χ3v) is 5.87. The highest BCUT2D eigenvalue weighted by molar-refractivity contribution is 5.95. The number of pyridine rings is 1. The molecule has 2 atom stereocenters. The molecule has 1 aliphatic rings. The van der Waals surface area contributed by atoms with E-state index in [-0.39, 0.29) is 18.2 Å². The number of fused-ring (bicyclic) bond motifs is 1. The van der Waals surface area contributed by atoms with Crippen molar-refractivity contribution in [3.8, 4) is 5.75 Å². The second-order valence-corrected chi connectivity index (χ2v) is 8.26. The van der Waals surface area contributed by atoms with Crippen molar-refractivity contribution >= 4 is 28.6 Å². The second-order valence-electron chi connectivity index (χ2n) is 8.26. The van der Waals surface area contributed by atoms with Gasteiger partial charge in [-0.3, -0.25) is 24.6 Å². The molecule has 3 aromatic rings. The zero-order valence-electron chi connectivity index (χ0n) is 18.7. The molecule has 1 aliphatic heterocycles. The molecule has 0 radical (unpaired) electrons. The number of benzene rings is 2. The standard InChI is InChI=1S/C25H26N4O5/c1-15-12-17(19-4-2-3-5-21(19)27-15)14-34-18-8-6-16(7-9-18)24(31)28-22-10-11-26-23(30)13-20(22)25(32)29-33/h2-9,12,20,22,33H,10-11,13-14H2,1H3,(H,26,30)(H,28,31)(H,29,32)/t20-,22+/m0/s1. The first-order valence-corrected chi connectivity index (χ1v) is 11.0. The van der Waals surface area contributed by atoms with Crippen LogP contribution in [-0.2, 0) is 16.2 Å². The van der Waals surface area contributed by atoms with Gasteiger partial charge in [-0.1, -0.05) is 18.2 Å². The SMILES string of the molecule is Cc1cc(COc2ccc(C(=O)N[C@@H]3CCNC(=O)C[C@@H]3C(=O)NO)cc2)c2ccccc2n1. The quantitative estimate of drug-likeness (QED) is 0.328. The van der Waals surface area contributed by atoms with Crippen LogP contribution in [-0.4, -0.2) is 40.5 Å². The van der Waals surface area contributed by atoms with Crippen LogP contribution in [0.15, 0.2) is 54.6 Å². The van der Waals surface area contributed by atoms with E-state index in [0.29, 0.717) is 30.9 Å². The summed E-state index contributed by atoms with van der Waals surface area (Å²) in [6.07, 6.45) is 0.253. The average molecular weight is 463 g/mol. The first-order chi connectivity index (χ1) is 16.4. The predicted molar refractivity (Wildman–Crippen MR) is 124 cm³/mol. The molecule has 9 nitrogen and oxygen atoms in total. The van der Waals surface area contributed by atoms with Crippen LogP contribution in [0.25, 0.3) is 10.9 Å². The highest BCUT2D eigenvalue weighted by Crippen LogP contribution is 2.22. The number of nitrogens with one attached hydrogen (secondary N) is 3. The molecule has 0 saturated carbocycles. The number of carbonyl (C=O) groups excluding carboxylic acids is 3. The molecule has 0 spiro atoms. The van der Waals surface area contributed by atoms with Crippen LogP contribution >= 0.6 is 0 Å². The number of para-hydroxylation sites is 1. The average Bonchev–Trinajstić information content (AvgIpc) is 3.03. The van der Waals surface area contributed by atoms with Crippen molar-refractivity contribution in [3.63, 3.8) is 0 Å². The van der Waals surface area contributed by atoms with E-state index in [1.165, 1.54) is 0 Å². The number of aryl methyl sites for hydroxylation is 1. The van der Waals surface area contributed by atoms with Gasteiger partial charge in [-0.25, -0.2) is 5.48 Å². The zero-order valence-corrected chi connectivity index (χ0v) is 18.7. The summed E-state index contributed by atoms with van der Waals surface area (Å²) < 4.78 is 5.95. The molecule has 0 bridgehead atoms. The smallest absolute Gasteiger partial charge is 0.251 e. The number of hydroxylamine groups is 1. The van der Waals surface area contributed by atoms with Crippen molar-refractivity contribution in [1.29, 1.82) is 0 Å². The molecular formula is C25H26N4O5. The number of aromatic nitrogens is 1. The predicted octanol–water partition coefficient (Wildman–Crippen LogP) is 2.25. The number of carbonyl (C=O) groups is 3. The van der Waals surface area contributed by atoms with Gasteiger partial charge in [-0.15, -0.1) is 0 Å². The lowest BCUT2D eigenvalue weighted by Crippen LogP contribution is -2.46. The molecule has 4 rings (SSSR count). The molecule has 4 N–H and O–H groups in total. The Morgan fingerprint density at radius 1 is 1.18 bits per heavy atom. The van der Waals surface area contributed by atoms with Crippen molar-refractivity contribution in [1.82, 2.24) is 21.1 Å². The van der Waals surface area contributed by atoms with Crippen LogP contribution in [0.1, 0.15) is 34.5 Å². The van der Waals surface area contributed by atoms with Gasteiger partial charge in [0, 0.05) is 41.2 Å². The molecule has 176 valence electrons. The largest absolute Gasteiger partial charge is 0.489 e. The Hall–Kier alpha value is -3.98. The molecule has 3 amide bonds. The Morgan fingerprint density at radius 2 is 1.94 bits per heavy atom. The highest BCUT2D eigenvalue weighted by atomic mass is 16.5. The lowest BCUT2D eigenvalue weighted by molar-refractivity contribution is -0.136. The summed E-state index contributed by atoms with van der Waals surface area (Å²) in [7, 11) is 0. The first-order valence-electron chi connectivity index (χ1n) is 11.0. The Labute approximate surface area is 196 Å². The fourth-order valence-corrected chi connectivity index (χ4v) is 4.14. The lowest BCUT2D eigenvalue weighted by atomic mass is 9.93. The summed E-state index contributed by atoms with van der Waals surface area (Å²) in [5, 5.41) is 15.5. The molecular weight excluding hydrogens is 436 g/mol. The molecule has 1 saturated heterocycles. The third kappa shape index (κ3) is 5.32. The fraction of sp³-hybridized carbons (Fsp3) is 0.280. The summed E-state index contributed by atoms with van der Waals surface area (Å²) in [4.78, 5) is 41.1. The van der Waals surface area contributed by atoms with E-state index in [9.17, 15) is 14.4 Å². The van der Waals surface area contributed by atoms with Crippen molar-refractivity contribution in [3.05, 3.63) is 71.4 Å².